The summed E-state index contributed by atoms with van der Waals surface area (Å²) in [5.41, 5.74) is 1.99. The highest BCUT2D eigenvalue weighted by atomic mass is 16.3. The molecule has 1 unspecified atom stereocenters. The van der Waals surface area contributed by atoms with Crippen molar-refractivity contribution in [2.24, 2.45) is 0 Å². The number of hydrogen-bond donors (Lipinski definition) is 2. The second-order valence-electron chi connectivity index (χ2n) is 6.60. The summed E-state index contributed by atoms with van der Waals surface area (Å²) in [5, 5.41) is 24.1. The summed E-state index contributed by atoms with van der Waals surface area (Å²) in [5.74, 6) is -0.106. The van der Waals surface area contributed by atoms with E-state index in [0.29, 0.717) is 18.9 Å². The molecule has 128 valence electrons. The van der Waals surface area contributed by atoms with Gasteiger partial charge >= 0.3 is 0 Å². The number of hydrogen-bond acceptors (Lipinski definition) is 4. The Morgan fingerprint density at radius 1 is 1.38 bits per heavy atom. The number of amides is 1. The van der Waals surface area contributed by atoms with Gasteiger partial charge in [0.15, 0.2) is 11.4 Å². The summed E-state index contributed by atoms with van der Waals surface area (Å²) in [4.78, 5) is 14.1. The van der Waals surface area contributed by atoms with Crippen LogP contribution in [0.2, 0.25) is 0 Å². The molecule has 1 saturated heterocycles. The Hall–Kier alpha value is -2.34. The molecule has 24 heavy (non-hydrogen) atoms. The van der Waals surface area contributed by atoms with Crippen LogP contribution in [-0.2, 0) is 0 Å². The maximum atomic E-state index is 12.6. The molecule has 2 aromatic rings. The normalized spacial score (nSPS) is 18.2. The van der Waals surface area contributed by atoms with Gasteiger partial charge in [-0.15, -0.1) is 0 Å². The first-order valence-corrected chi connectivity index (χ1v) is 8.32. The van der Waals surface area contributed by atoms with Gasteiger partial charge in [0.05, 0.1) is 18.0 Å². The summed E-state index contributed by atoms with van der Waals surface area (Å²) in [6.07, 6.45) is 2.40. The zero-order valence-electron chi connectivity index (χ0n) is 14.0. The van der Waals surface area contributed by atoms with Gasteiger partial charge in [0, 0.05) is 13.1 Å². The summed E-state index contributed by atoms with van der Waals surface area (Å²) < 4.78 is 1.52. The van der Waals surface area contributed by atoms with Crippen LogP contribution in [0.15, 0.2) is 30.5 Å². The first-order valence-electron chi connectivity index (χ1n) is 8.32. The number of β-amino-alcohol motifs (C(OH)–C–C–N with tert-alkyl or cyclic N) is 1. The molecule has 0 radical (unpaired) electrons. The lowest BCUT2D eigenvalue weighted by Gasteiger charge is -2.29. The van der Waals surface area contributed by atoms with Gasteiger partial charge in [-0.3, -0.25) is 4.79 Å². The number of likely N-dealkylation sites (tertiary alicyclic amines) is 1. The monoisotopic (exact) mass is 329 g/mol. The van der Waals surface area contributed by atoms with E-state index in [0.717, 1.165) is 17.7 Å². The van der Waals surface area contributed by atoms with Crippen LogP contribution >= 0.6 is 0 Å². The number of aliphatic hydroxyl groups excluding tert-OH is 1. The van der Waals surface area contributed by atoms with Crippen molar-refractivity contribution in [3.63, 3.8) is 0 Å². The number of piperidine rings is 1. The fraction of sp³-hybridized carbons (Fsp3) is 0.444. The highest BCUT2D eigenvalue weighted by molar-refractivity contribution is 5.95. The number of rotatable bonds is 3. The molecular formula is C18H23N3O3. The van der Waals surface area contributed by atoms with Crippen molar-refractivity contribution in [2.75, 3.05) is 13.1 Å². The number of benzene rings is 1. The molecule has 1 aromatic carbocycles. The van der Waals surface area contributed by atoms with Crippen LogP contribution in [0.1, 0.15) is 48.7 Å². The topological polar surface area (TPSA) is 78.6 Å². The Bertz CT molecular complexity index is 739. The quantitative estimate of drug-likeness (QED) is 0.906. The first kappa shape index (κ1) is 16.5. The molecule has 1 aromatic heterocycles. The summed E-state index contributed by atoms with van der Waals surface area (Å²) >= 11 is 0. The van der Waals surface area contributed by atoms with Gasteiger partial charge in [-0.25, -0.2) is 4.68 Å². The summed E-state index contributed by atoms with van der Waals surface area (Å²) in [6.45, 7) is 5.07. The molecule has 3 rings (SSSR count). The van der Waals surface area contributed by atoms with Crippen molar-refractivity contribution in [1.29, 1.82) is 0 Å². The van der Waals surface area contributed by atoms with E-state index in [2.05, 4.69) is 18.9 Å². The van der Waals surface area contributed by atoms with E-state index >= 15 is 0 Å². The molecule has 6 nitrogen and oxygen atoms in total. The zero-order valence-corrected chi connectivity index (χ0v) is 14.0. The second kappa shape index (κ2) is 6.65. The van der Waals surface area contributed by atoms with Crippen LogP contribution in [-0.4, -0.2) is 50.0 Å². The smallest absolute Gasteiger partial charge is 0.278 e. The second-order valence-corrected chi connectivity index (χ2v) is 6.60. The van der Waals surface area contributed by atoms with Crippen LogP contribution in [0.4, 0.5) is 0 Å². The maximum Gasteiger partial charge on any atom is 0.278 e. The Morgan fingerprint density at radius 2 is 2.17 bits per heavy atom. The predicted molar refractivity (Wildman–Crippen MR) is 90.5 cm³/mol. The molecule has 1 aliphatic heterocycles. The van der Waals surface area contributed by atoms with Crippen LogP contribution in [0.5, 0.6) is 5.75 Å². The average molecular weight is 329 g/mol. The van der Waals surface area contributed by atoms with E-state index in [4.69, 9.17) is 0 Å². The third-order valence-corrected chi connectivity index (χ3v) is 4.38. The number of nitrogens with zero attached hydrogens (tertiary/aromatic N) is 3. The van der Waals surface area contributed by atoms with Gasteiger partial charge in [0.25, 0.3) is 5.91 Å². The zero-order chi connectivity index (χ0) is 17.3. The third kappa shape index (κ3) is 3.28. The van der Waals surface area contributed by atoms with Crippen molar-refractivity contribution < 1.29 is 15.0 Å². The Kier molecular flexibility index (Phi) is 4.57. The SMILES string of the molecule is CC(C)c1cccc(-n2cc(O)c(C(=O)N3CCCC(O)C3)n2)c1. The number of carbonyl (C=O) groups is 1. The summed E-state index contributed by atoms with van der Waals surface area (Å²) in [7, 11) is 0. The number of aliphatic hydroxyl groups is 1. The minimum absolute atomic E-state index is 0.0269. The minimum Gasteiger partial charge on any atom is -0.504 e. The molecule has 1 aliphatic rings. The Labute approximate surface area is 141 Å². The van der Waals surface area contributed by atoms with E-state index in [9.17, 15) is 15.0 Å². The van der Waals surface area contributed by atoms with Crippen molar-refractivity contribution in [1.82, 2.24) is 14.7 Å². The molecular weight excluding hydrogens is 306 g/mol. The molecule has 6 heteroatoms. The molecule has 2 heterocycles. The highest BCUT2D eigenvalue weighted by Gasteiger charge is 2.27. The van der Waals surface area contributed by atoms with Gasteiger partial charge in [-0.2, -0.15) is 5.10 Å². The lowest BCUT2D eigenvalue weighted by Crippen LogP contribution is -2.42. The molecule has 1 atom stereocenters. The van der Waals surface area contributed by atoms with Crippen molar-refractivity contribution in [3.05, 3.63) is 41.7 Å². The van der Waals surface area contributed by atoms with Crippen LogP contribution in [0.25, 0.3) is 5.69 Å². The largest absolute Gasteiger partial charge is 0.504 e. The molecule has 0 saturated carbocycles. The number of carbonyl (C=O) groups excluding carboxylic acids is 1. The molecule has 1 amide bonds. The van der Waals surface area contributed by atoms with E-state index in [1.807, 2.05) is 24.3 Å². The standard InChI is InChI=1S/C18H23N3O3/c1-12(2)13-5-3-6-14(9-13)21-11-16(23)17(19-21)18(24)20-8-4-7-15(22)10-20/h3,5-6,9,11-12,15,22-23H,4,7-8,10H2,1-2H3. The van der Waals surface area contributed by atoms with Crippen molar-refractivity contribution >= 4 is 5.91 Å². The first-order chi connectivity index (χ1) is 11.5. The minimum atomic E-state index is -0.505. The summed E-state index contributed by atoms with van der Waals surface area (Å²) in [6, 6.07) is 7.86. The van der Waals surface area contributed by atoms with Gasteiger partial charge in [-0.1, -0.05) is 26.0 Å². The number of aromatic hydroxyl groups is 1. The van der Waals surface area contributed by atoms with Gasteiger partial charge in [0.2, 0.25) is 0 Å². The van der Waals surface area contributed by atoms with E-state index in [1.54, 1.807) is 4.90 Å². The van der Waals surface area contributed by atoms with Gasteiger partial charge in [0.1, 0.15) is 0 Å². The Morgan fingerprint density at radius 3 is 2.88 bits per heavy atom. The fourth-order valence-corrected chi connectivity index (χ4v) is 2.96. The van der Waals surface area contributed by atoms with Gasteiger partial charge < -0.3 is 15.1 Å². The van der Waals surface area contributed by atoms with E-state index in [-0.39, 0.29) is 23.9 Å². The highest BCUT2D eigenvalue weighted by Crippen LogP contribution is 2.23. The predicted octanol–water partition coefficient (Wildman–Crippen LogP) is 2.30. The van der Waals surface area contributed by atoms with Crippen LogP contribution in [0, 0.1) is 0 Å². The lowest BCUT2D eigenvalue weighted by molar-refractivity contribution is 0.0466. The third-order valence-electron chi connectivity index (χ3n) is 4.38. The molecule has 0 aliphatic carbocycles. The van der Waals surface area contributed by atoms with E-state index in [1.165, 1.54) is 10.9 Å². The molecule has 0 spiro atoms. The average Bonchev–Trinajstić information content (AvgIpc) is 2.96. The van der Waals surface area contributed by atoms with Crippen molar-refractivity contribution in [3.8, 4) is 11.4 Å². The Balaban J connectivity index is 1.87. The fourth-order valence-electron chi connectivity index (χ4n) is 2.96. The van der Waals surface area contributed by atoms with E-state index < -0.39 is 6.10 Å². The molecule has 2 N–H and O–H groups in total. The van der Waals surface area contributed by atoms with Gasteiger partial charge in [-0.05, 0) is 36.5 Å². The lowest BCUT2D eigenvalue weighted by atomic mass is 10.0. The molecule has 1 fully saturated rings. The maximum absolute atomic E-state index is 12.6. The van der Waals surface area contributed by atoms with Crippen molar-refractivity contribution in [2.45, 2.75) is 38.7 Å². The van der Waals surface area contributed by atoms with Crippen LogP contribution < -0.4 is 0 Å². The molecule has 0 bridgehead atoms. The number of aromatic nitrogens is 2. The van der Waals surface area contributed by atoms with Crippen LogP contribution in [0.3, 0.4) is 0 Å².